The summed E-state index contributed by atoms with van der Waals surface area (Å²) in [4.78, 5) is 19.4. The molecule has 1 fully saturated rings. The van der Waals surface area contributed by atoms with Crippen LogP contribution in [0.5, 0.6) is 0 Å². The van der Waals surface area contributed by atoms with Crippen LogP contribution in [0.4, 0.5) is 22.6 Å². The lowest BCUT2D eigenvalue weighted by Crippen LogP contribution is -2.29. The van der Waals surface area contributed by atoms with Crippen molar-refractivity contribution in [2.24, 2.45) is 0 Å². The van der Waals surface area contributed by atoms with Crippen molar-refractivity contribution in [3.8, 4) is 6.07 Å². The molecule has 126 valence electrons. The van der Waals surface area contributed by atoms with Crippen LogP contribution in [0, 0.1) is 11.3 Å². The number of pyridine rings is 1. The van der Waals surface area contributed by atoms with Gasteiger partial charge in [0.1, 0.15) is 34.2 Å². The number of piperidine rings is 1. The van der Waals surface area contributed by atoms with Crippen LogP contribution in [0.1, 0.15) is 24.8 Å². The van der Waals surface area contributed by atoms with E-state index >= 15 is 0 Å². The van der Waals surface area contributed by atoms with E-state index in [-0.39, 0.29) is 0 Å². The Morgan fingerprint density at radius 1 is 1.20 bits per heavy atom. The molecule has 1 aliphatic heterocycles. The Balaban J connectivity index is 1.76. The molecular formula is C16H16N8S. The van der Waals surface area contributed by atoms with Crippen molar-refractivity contribution in [3.63, 3.8) is 0 Å². The molecule has 3 N–H and O–H groups in total. The van der Waals surface area contributed by atoms with Gasteiger partial charge < -0.3 is 16.0 Å². The van der Waals surface area contributed by atoms with Gasteiger partial charge in [0, 0.05) is 25.4 Å². The van der Waals surface area contributed by atoms with E-state index in [1.165, 1.54) is 31.8 Å². The molecule has 4 rings (SSSR count). The summed E-state index contributed by atoms with van der Waals surface area (Å²) in [6.07, 6.45) is 6.53. The van der Waals surface area contributed by atoms with Crippen LogP contribution in [0.25, 0.3) is 10.2 Å². The summed E-state index contributed by atoms with van der Waals surface area (Å²) in [5.74, 6) is 1.55. The third-order valence-electron chi connectivity index (χ3n) is 4.09. The smallest absolute Gasteiger partial charge is 0.186 e. The highest BCUT2D eigenvalue weighted by molar-refractivity contribution is 7.22. The van der Waals surface area contributed by atoms with Crippen molar-refractivity contribution < 1.29 is 0 Å². The molecular weight excluding hydrogens is 336 g/mol. The molecule has 3 aromatic heterocycles. The van der Waals surface area contributed by atoms with Gasteiger partial charge in [-0.05, 0) is 19.3 Å². The molecule has 0 aliphatic carbocycles. The van der Waals surface area contributed by atoms with Gasteiger partial charge in [0.15, 0.2) is 10.9 Å². The first-order valence-corrected chi connectivity index (χ1v) is 8.85. The second-order valence-electron chi connectivity index (χ2n) is 5.81. The van der Waals surface area contributed by atoms with E-state index in [1.807, 2.05) is 0 Å². The first-order chi connectivity index (χ1) is 12.2. The quantitative estimate of drug-likeness (QED) is 0.739. The highest BCUT2D eigenvalue weighted by atomic mass is 32.1. The van der Waals surface area contributed by atoms with Crippen LogP contribution in [0.2, 0.25) is 0 Å². The van der Waals surface area contributed by atoms with Crippen LogP contribution in [0.3, 0.4) is 0 Å². The third-order valence-corrected chi connectivity index (χ3v) is 5.21. The minimum absolute atomic E-state index is 0.376. The summed E-state index contributed by atoms with van der Waals surface area (Å²) in [6, 6.07) is 3.81. The zero-order chi connectivity index (χ0) is 17.2. The Bertz CT molecular complexity index is 954. The van der Waals surface area contributed by atoms with Gasteiger partial charge in [0.2, 0.25) is 0 Å². The number of nitrogen functional groups attached to an aromatic ring is 1. The van der Waals surface area contributed by atoms with Crippen molar-refractivity contribution in [1.82, 2.24) is 19.9 Å². The topological polar surface area (TPSA) is 117 Å². The van der Waals surface area contributed by atoms with Crippen LogP contribution < -0.4 is 16.0 Å². The first kappa shape index (κ1) is 15.5. The van der Waals surface area contributed by atoms with E-state index in [1.54, 1.807) is 17.4 Å². The number of nitrogens with one attached hydrogen (secondary N) is 1. The van der Waals surface area contributed by atoms with Gasteiger partial charge in [-0.2, -0.15) is 5.26 Å². The summed E-state index contributed by atoms with van der Waals surface area (Å²) in [6.45, 7) is 2.00. The number of thiazole rings is 1. The maximum atomic E-state index is 9.38. The van der Waals surface area contributed by atoms with Crippen molar-refractivity contribution >= 4 is 44.1 Å². The summed E-state index contributed by atoms with van der Waals surface area (Å²) in [7, 11) is 0. The fraction of sp³-hybridized carbons (Fsp3) is 0.312. The van der Waals surface area contributed by atoms with Crippen LogP contribution >= 0.6 is 11.3 Å². The number of nitrogens with two attached hydrogens (primary N) is 1. The fourth-order valence-corrected chi connectivity index (χ4v) is 3.94. The molecule has 0 amide bonds. The number of rotatable bonds is 3. The average molecular weight is 352 g/mol. The number of nitrogens with zero attached hydrogens (tertiary/aromatic N) is 6. The molecule has 0 bridgehead atoms. The molecule has 0 radical (unpaired) electrons. The van der Waals surface area contributed by atoms with Crippen molar-refractivity contribution in [2.75, 3.05) is 29.0 Å². The maximum Gasteiger partial charge on any atom is 0.186 e. The lowest BCUT2D eigenvalue weighted by molar-refractivity contribution is 0.577. The van der Waals surface area contributed by atoms with Crippen LogP contribution in [0.15, 0.2) is 18.6 Å². The molecule has 4 heterocycles. The molecule has 9 heteroatoms. The Morgan fingerprint density at radius 3 is 2.80 bits per heavy atom. The molecule has 0 spiro atoms. The number of hydrogen-bond acceptors (Lipinski definition) is 9. The second kappa shape index (κ2) is 6.49. The first-order valence-electron chi connectivity index (χ1n) is 8.04. The number of hydrogen-bond donors (Lipinski definition) is 2. The highest BCUT2D eigenvalue weighted by Gasteiger charge is 2.19. The molecule has 1 aliphatic rings. The van der Waals surface area contributed by atoms with Gasteiger partial charge in [0.25, 0.3) is 0 Å². The Morgan fingerprint density at radius 2 is 2.04 bits per heavy atom. The number of aromatic nitrogens is 4. The molecule has 0 atom stereocenters. The Labute approximate surface area is 148 Å². The van der Waals surface area contributed by atoms with E-state index in [0.717, 1.165) is 22.9 Å². The van der Waals surface area contributed by atoms with Gasteiger partial charge in [-0.25, -0.2) is 19.9 Å². The predicted molar refractivity (Wildman–Crippen MR) is 97.9 cm³/mol. The summed E-state index contributed by atoms with van der Waals surface area (Å²) >= 11 is 1.55. The molecule has 1 saturated heterocycles. The zero-order valence-electron chi connectivity index (χ0n) is 13.4. The SMILES string of the molecule is N#Cc1cnc(Nc2cc(N)ncn2)c2sc(N3CCCCC3)nc12. The largest absolute Gasteiger partial charge is 0.384 e. The number of nitriles is 1. The summed E-state index contributed by atoms with van der Waals surface area (Å²) in [5.41, 5.74) is 6.85. The minimum Gasteiger partial charge on any atom is -0.384 e. The van der Waals surface area contributed by atoms with Crippen LogP contribution in [-0.4, -0.2) is 33.0 Å². The van der Waals surface area contributed by atoms with Gasteiger partial charge >= 0.3 is 0 Å². The van der Waals surface area contributed by atoms with Gasteiger partial charge in [-0.3, -0.25) is 0 Å². The van der Waals surface area contributed by atoms with Crippen molar-refractivity contribution in [1.29, 1.82) is 5.26 Å². The molecule has 8 nitrogen and oxygen atoms in total. The summed E-state index contributed by atoms with van der Waals surface area (Å²) < 4.78 is 0.844. The van der Waals surface area contributed by atoms with Gasteiger partial charge in [-0.15, -0.1) is 0 Å². The van der Waals surface area contributed by atoms with Gasteiger partial charge in [0.05, 0.1) is 5.56 Å². The van der Waals surface area contributed by atoms with E-state index in [4.69, 9.17) is 10.7 Å². The van der Waals surface area contributed by atoms with E-state index < -0.39 is 0 Å². The van der Waals surface area contributed by atoms with E-state index in [9.17, 15) is 5.26 Å². The molecule has 3 aromatic rings. The molecule has 0 aromatic carbocycles. The lowest BCUT2D eigenvalue weighted by atomic mass is 10.1. The molecule has 0 unspecified atom stereocenters. The standard InChI is InChI=1S/C16H16N8S/c17-7-10-8-19-15(22-12-6-11(18)20-9-21-12)14-13(10)23-16(25-14)24-4-2-1-3-5-24/h6,8-9H,1-5H2,(H3,18,19,20,21,22). The second-order valence-corrected chi connectivity index (χ2v) is 6.78. The van der Waals surface area contributed by atoms with E-state index in [2.05, 4.69) is 31.2 Å². The summed E-state index contributed by atoms with van der Waals surface area (Å²) in [5, 5.41) is 13.5. The minimum atomic E-state index is 0.376. The normalized spacial score (nSPS) is 14.4. The monoisotopic (exact) mass is 352 g/mol. The van der Waals surface area contributed by atoms with Crippen molar-refractivity contribution in [3.05, 3.63) is 24.2 Å². The third kappa shape index (κ3) is 3.04. The predicted octanol–water partition coefficient (Wildman–Crippen LogP) is 2.67. The lowest BCUT2D eigenvalue weighted by Gasteiger charge is -2.25. The fourth-order valence-electron chi connectivity index (χ4n) is 2.85. The van der Waals surface area contributed by atoms with Crippen molar-refractivity contribution in [2.45, 2.75) is 19.3 Å². The Hall–Kier alpha value is -2.99. The zero-order valence-corrected chi connectivity index (χ0v) is 14.3. The number of fused-ring (bicyclic) bond motifs is 1. The average Bonchev–Trinajstić information content (AvgIpc) is 3.09. The molecule has 0 saturated carbocycles. The highest BCUT2D eigenvalue weighted by Crippen LogP contribution is 2.36. The Kier molecular flexibility index (Phi) is 4.03. The maximum absolute atomic E-state index is 9.38. The van der Waals surface area contributed by atoms with Crippen LogP contribution in [-0.2, 0) is 0 Å². The van der Waals surface area contributed by atoms with E-state index in [0.29, 0.717) is 28.5 Å². The number of anilines is 4. The molecule has 25 heavy (non-hydrogen) atoms. The van der Waals surface area contributed by atoms with Gasteiger partial charge in [-0.1, -0.05) is 11.3 Å².